The topological polar surface area (TPSA) is 0 Å². The average molecular weight is 301 g/mol. The summed E-state index contributed by atoms with van der Waals surface area (Å²) in [5.74, 6) is 0.552. The second kappa shape index (κ2) is 3.97. The summed E-state index contributed by atoms with van der Waals surface area (Å²) in [4.78, 5) is 0. The summed E-state index contributed by atoms with van der Waals surface area (Å²) in [5, 5.41) is 0.809. The van der Waals surface area contributed by atoms with Crippen molar-refractivity contribution in [3.63, 3.8) is 0 Å². The third kappa shape index (κ3) is 2.23. The van der Waals surface area contributed by atoms with Gasteiger partial charge in [-0.1, -0.05) is 17.7 Å². The van der Waals surface area contributed by atoms with Crippen molar-refractivity contribution in [2.45, 2.75) is 12.8 Å². The van der Waals surface area contributed by atoms with E-state index in [0.29, 0.717) is 5.88 Å². The van der Waals surface area contributed by atoms with Crippen LogP contribution in [0.25, 0.3) is 0 Å². The highest BCUT2D eigenvalue weighted by atomic mass is 127. The minimum atomic E-state index is 0.552. The minimum Gasteiger partial charge on any atom is -0.122 e. The van der Waals surface area contributed by atoms with E-state index in [1.165, 1.54) is 0 Å². The summed E-state index contributed by atoms with van der Waals surface area (Å²) in [6, 6.07) is 3.96. The summed E-state index contributed by atoms with van der Waals surface area (Å²) in [7, 11) is 0. The van der Waals surface area contributed by atoms with Gasteiger partial charge >= 0.3 is 0 Å². The molecule has 1 aromatic carbocycles. The molecule has 60 valence electrons. The molecule has 0 N–H and O–H groups in total. The van der Waals surface area contributed by atoms with E-state index in [0.717, 1.165) is 19.7 Å². The first-order chi connectivity index (χ1) is 5.15. The lowest BCUT2D eigenvalue weighted by Crippen LogP contribution is -1.86. The van der Waals surface area contributed by atoms with Gasteiger partial charge in [-0.2, -0.15) is 0 Å². The molecule has 0 radical (unpaired) electrons. The molecule has 11 heavy (non-hydrogen) atoms. The van der Waals surface area contributed by atoms with Gasteiger partial charge in [0.15, 0.2) is 0 Å². The fourth-order valence-electron chi connectivity index (χ4n) is 0.819. The molecule has 3 heteroatoms. The molecule has 0 aliphatic rings. The van der Waals surface area contributed by atoms with Crippen LogP contribution in [0.15, 0.2) is 12.1 Å². The summed E-state index contributed by atoms with van der Waals surface area (Å²) < 4.78 is 1.13. The lowest BCUT2D eigenvalue weighted by molar-refractivity contribution is 1.32. The molecule has 0 aromatic heterocycles. The number of hydrogen-bond acceptors (Lipinski definition) is 0. The number of rotatable bonds is 1. The highest BCUT2D eigenvalue weighted by molar-refractivity contribution is 14.1. The molecular weight excluding hydrogens is 294 g/mol. The van der Waals surface area contributed by atoms with Crippen LogP contribution in [0.4, 0.5) is 0 Å². The van der Waals surface area contributed by atoms with Crippen LogP contribution in [-0.2, 0) is 5.88 Å². The second-order valence-electron chi connectivity index (χ2n) is 2.33. The first-order valence-corrected chi connectivity index (χ1v) is 5.14. The van der Waals surface area contributed by atoms with Crippen molar-refractivity contribution in [2.75, 3.05) is 0 Å². The fraction of sp³-hybridized carbons (Fsp3) is 0.250. The van der Waals surface area contributed by atoms with Crippen LogP contribution in [0, 0.1) is 10.5 Å². The molecule has 0 heterocycles. The Hall–Kier alpha value is 0.530. The Morgan fingerprint density at radius 3 is 2.64 bits per heavy atom. The van der Waals surface area contributed by atoms with E-state index in [9.17, 15) is 0 Å². The number of halogens is 3. The zero-order valence-corrected chi connectivity index (χ0v) is 9.67. The summed E-state index contributed by atoms with van der Waals surface area (Å²) in [6.45, 7) is 1.98. The van der Waals surface area contributed by atoms with Gasteiger partial charge in [0.2, 0.25) is 0 Å². The molecule has 0 saturated carbocycles. The maximum absolute atomic E-state index is 5.90. The van der Waals surface area contributed by atoms with Crippen LogP contribution in [0.5, 0.6) is 0 Å². The Kier molecular flexibility index (Phi) is 3.47. The van der Waals surface area contributed by atoms with E-state index < -0.39 is 0 Å². The summed E-state index contributed by atoms with van der Waals surface area (Å²) in [5.41, 5.74) is 2.23. The Morgan fingerprint density at radius 1 is 1.45 bits per heavy atom. The maximum Gasteiger partial charge on any atom is 0.0484 e. The number of hydrogen-bond donors (Lipinski definition) is 0. The summed E-state index contributed by atoms with van der Waals surface area (Å²) in [6.07, 6.45) is 0. The summed E-state index contributed by atoms with van der Waals surface area (Å²) >= 11 is 13.8. The van der Waals surface area contributed by atoms with Gasteiger partial charge in [0, 0.05) is 14.5 Å². The standard InChI is InChI=1S/C8H7Cl2I/c1-5-2-6(4-9)8(11)3-7(5)10/h2-3H,4H2,1H3. The van der Waals surface area contributed by atoms with Crippen molar-refractivity contribution in [1.29, 1.82) is 0 Å². The third-order valence-electron chi connectivity index (χ3n) is 1.47. The van der Waals surface area contributed by atoms with Crippen molar-refractivity contribution in [3.05, 3.63) is 31.9 Å². The molecule has 0 amide bonds. The van der Waals surface area contributed by atoms with Crippen LogP contribution in [-0.4, -0.2) is 0 Å². The lowest BCUT2D eigenvalue weighted by Gasteiger charge is -2.03. The molecular formula is C8H7Cl2I. The van der Waals surface area contributed by atoms with E-state index in [1.807, 2.05) is 19.1 Å². The molecule has 0 unspecified atom stereocenters. The van der Waals surface area contributed by atoms with Crippen molar-refractivity contribution in [2.24, 2.45) is 0 Å². The molecule has 0 aliphatic heterocycles. The van der Waals surface area contributed by atoms with Crippen LogP contribution in [0.2, 0.25) is 5.02 Å². The monoisotopic (exact) mass is 300 g/mol. The highest BCUT2D eigenvalue weighted by Crippen LogP contribution is 2.23. The van der Waals surface area contributed by atoms with Gasteiger partial charge in [-0.15, -0.1) is 11.6 Å². The highest BCUT2D eigenvalue weighted by Gasteiger charge is 2.01. The Labute approximate surface area is 90.0 Å². The Balaban J connectivity index is 3.21. The Morgan fingerprint density at radius 2 is 2.09 bits per heavy atom. The van der Waals surface area contributed by atoms with E-state index >= 15 is 0 Å². The Bertz CT molecular complexity index is 271. The quantitative estimate of drug-likeness (QED) is 0.543. The van der Waals surface area contributed by atoms with Gasteiger partial charge in [-0.25, -0.2) is 0 Å². The van der Waals surface area contributed by atoms with Crippen LogP contribution >= 0.6 is 45.8 Å². The predicted octanol–water partition coefficient (Wildman–Crippen LogP) is 3.99. The molecule has 1 aromatic rings. The molecule has 0 saturated heterocycles. The zero-order valence-electron chi connectivity index (χ0n) is 6.00. The first-order valence-electron chi connectivity index (χ1n) is 3.15. The number of alkyl halides is 1. The lowest BCUT2D eigenvalue weighted by atomic mass is 10.2. The van der Waals surface area contributed by atoms with E-state index in [4.69, 9.17) is 23.2 Å². The molecule has 1 rings (SSSR count). The fourth-order valence-corrected chi connectivity index (χ4v) is 2.27. The van der Waals surface area contributed by atoms with E-state index in [1.54, 1.807) is 0 Å². The predicted molar refractivity (Wildman–Crippen MR) is 58.5 cm³/mol. The van der Waals surface area contributed by atoms with Crippen molar-refractivity contribution in [3.8, 4) is 0 Å². The van der Waals surface area contributed by atoms with Gasteiger partial charge in [0.25, 0.3) is 0 Å². The average Bonchev–Trinajstić information content (AvgIpc) is 1.97. The van der Waals surface area contributed by atoms with Gasteiger partial charge in [-0.05, 0) is 46.7 Å². The van der Waals surface area contributed by atoms with Crippen molar-refractivity contribution < 1.29 is 0 Å². The number of benzene rings is 1. The number of aryl methyl sites for hydroxylation is 1. The van der Waals surface area contributed by atoms with Gasteiger partial charge in [-0.3, -0.25) is 0 Å². The van der Waals surface area contributed by atoms with Crippen LogP contribution in [0.1, 0.15) is 11.1 Å². The van der Waals surface area contributed by atoms with Gasteiger partial charge in [0.05, 0.1) is 0 Å². The molecule has 0 atom stereocenters. The molecule has 0 aliphatic carbocycles. The SMILES string of the molecule is Cc1cc(CCl)c(I)cc1Cl. The maximum atomic E-state index is 5.90. The van der Waals surface area contributed by atoms with Crippen LogP contribution < -0.4 is 0 Å². The van der Waals surface area contributed by atoms with Crippen molar-refractivity contribution in [1.82, 2.24) is 0 Å². The smallest absolute Gasteiger partial charge is 0.0484 e. The first kappa shape index (κ1) is 9.62. The van der Waals surface area contributed by atoms with E-state index in [-0.39, 0.29) is 0 Å². The van der Waals surface area contributed by atoms with Gasteiger partial charge < -0.3 is 0 Å². The third-order valence-corrected chi connectivity index (χ3v) is 3.17. The van der Waals surface area contributed by atoms with Crippen LogP contribution in [0.3, 0.4) is 0 Å². The second-order valence-corrected chi connectivity index (χ2v) is 4.16. The normalized spacial score (nSPS) is 10.2. The minimum absolute atomic E-state index is 0.552. The largest absolute Gasteiger partial charge is 0.122 e. The zero-order chi connectivity index (χ0) is 8.43. The molecule has 0 bridgehead atoms. The molecule has 0 spiro atoms. The molecule has 0 fully saturated rings. The van der Waals surface area contributed by atoms with Gasteiger partial charge in [0.1, 0.15) is 0 Å². The van der Waals surface area contributed by atoms with E-state index in [2.05, 4.69) is 22.6 Å². The molecule has 0 nitrogen and oxygen atoms in total. The van der Waals surface area contributed by atoms with Crippen molar-refractivity contribution >= 4 is 45.8 Å².